The van der Waals surface area contributed by atoms with Crippen molar-refractivity contribution in [2.45, 2.75) is 44.9 Å². The normalized spacial score (nSPS) is 22.1. The van der Waals surface area contributed by atoms with Gasteiger partial charge >= 0.3 is 0 Å². The number of anilines is 1. The summed E-state index contributed by atoms with van der Waals surface area (Å²) in [5.74, 6) is 0.243. The van der Waals surface area contributed by atoms with E-state index in [2.05, 4.69) is 22.3 Å². The Morgan fingerprint density at radius 2 is 1.95 bits per heavy atom. The topological polar surface area (TPSA) is 32.3 Å². The van der Waals surface area contributed by atoms with E-state index >= 15 is 0 Å². The van der Waals surface area contributed by atoms with Gasteiger partial charge in [0.2, 0.25) is 0 Å². The van der Waals surface area contributed by atoms with Crippen LogP contribution in [0.5, 0.6) is 0 Å². The first-order valence-corrected chi connectivity index (χ1v) is 8.42. The van der Waals surface area contributed by atoms with Crippen molar-refractivity contribution in [3.63, 3.8) is 0 Å². The fraction of sp³-hybridized carbons (Fsp3) is 0.611. The monoisotopic (exact) mass is 320 g/mol. The molecule has 1 spiro atoms. The smallest absolute Gasteiger partial charge is 0.253 e. The second-order valence-corrected chi connectivity index (χ2v) is 7.09. The van der Waals surface area contributed by atoms with E-state index in [4.69, 9.17) is 0 Å². The number of hydrogen-bond acceptors (Lipinski definition) is 2. The van der Waals surface area contributed by atoms with E-state index < -0.39 is 0 Å². The second-order valence-electron chi connectivity index (χ2n) is 7.09. The van der Waals surface area contributed by atoms with E-state index in [1.54, 1.807) is 0 Å². The van der Waals surface area contributed by atoms with Gasteiger partial charge in [0.05, 0.1) is 0 Å². The number of rotatable bonds is 1. The Kier molecular flexibility index (Phi) is 4.35. The summed E-state index contributed by atoms with van der Waals surface area (Å²) in [7, 11) is 0. The summed E-state index contributed by atoms with van der Waals surface area (Å²) in [6, 6.07) is 6.16. The van der Waals surface area contributed by atoms with Gasteiger partial charge in [0.15, 0.2) is 0 Å². The van der Waals surface area contributed by atoms with Crippen LogP contribution in [0, 0.1) is 5.41 Å². The first-order chi connectivity index (χ1) is 10.3. The highest BCUT2D eigenvalue weighted by Gasteiger charge is 2.40. The first-order valence-electron chi connectivity index (χ1n) is 8.42. The standard InChI is InChI=1S/C18H24N2O.ClH/c21-17(15-4-5-16-14(12-15)6-10-19-16)20-11-9-18(13-20)7-2-1-3-8-18;/h4-5,12,19H,1-3,6-11,13H2;1H. The minimum atomic E-state index is 0. The van der Waals surface area contributed by atoms with Crippen molar-refractivity contribution >= 4 is 24.0 Å². The van der Waals surface area contributed by atoms with Crippen molar-refractivity contribution in [3.05, 3.63) is 29.3 Å². The van der Waals surface area contributed by atoms with Crippen LogP contribution >= 0.6 is 12.4 Å². The molecule has 4 heteroatoms. The molecule has 0 radical (unpaired) electrons. The summed E-state index contributed by atoms with van der Waals surface area (Å²) < 4.78 is 0. The van der Waals surface area contributed by atoms with Crippen molar-refractivity contribution in [2.24, 2.45) is 5.41 Å². The molecule has 1 saturated carbocycles. The zero-order chi connectivity index (χ0) is 14.3. The van der Waals surface area contributed by atoms with E-state index in [0.29, 0.717) is 5.41 Å². The Morgan fingerprint density at radius 3 is 2.77 bits per heavy atom. The third kappa shape index (κ3) is 2.71. The van der Waals surface area contributed by atoms with Gasteiger partial charge in [-0.1, -0.05) is 19.3 Å². The van der Waals surface area contributed by atoms with Crippen LogP contribution in [0.15, 0.2) is 18.2 Å². The van der Waals surface area contributed by atoms with Crippen molar-refractivity contribution < 1.29 is 4.79 Å². The van der Waals surface area contributed by atoms with Gasteiger partial charge in [-0.05, 0) is 54.9 Å². The van der Waals surface area contributed by atoms with E-state index in [-0.39, 0.29) is 18.3 Å². The molecule has 1 saturated heterocycles. The number of halogens is 1. The van der Waals surface area contributed by atoms with Crippen LogP contribution in [0.3, 0.4) is 0 Å². The molecule has 0 bridgehead atoms. The Morgan fingerprint density at radius 1 is 1.14 bits per heavy atom. The maximum Gasteiger partial charge on any atom is 0.253 e. The van der Waals surface area contributed by atoms with Crippen LogP contribution < -0.4 is 5.32 Å². The van der Waals surface area contributed by atoms with Gasteiger partial charge in [-0.25, -0.2) is 0 Å². The van der Waals surface area contributed by atoms with Crippen molar-refractivity contribution in [1.82, 2.24) is 4.90 Å². The van der Waals surface area contributed by atoms with Crippen LogP contribution in [-0.2, 0) is 6.42 Å². The van der Waals surface area contributed by atoms with Gasteiger partial charge in [0.25, 0.3) is 5.91 Å². The van der Waals surface area contributed by atoms with Gasteiger partial charge in [-0.3, -0.25) is 4.79 Å². The molecule has 4 rings (SSSR count). The predicted octanol–water partition coefficient (Wildman–Crippen LogP) is 3.87. The number of nitrogens with zero attached hydrogens (tertiary/aromatic N) is 1. The van der Waals surface area contributed by atoms with Crippen LogP contribution in [0.4, 0.5) is 5.69 Å². The van der Waals surface area contributed by atoms with Gasteiger partial charge < -0.3 is 10.2 Å². The van der Waals surface area contributed by atoms with Gasteiger partial charge in [-0.2, -0.15) is 0 Å². The number of nitrogens with one attached hydrogen (secondary N) is 1. The van der Waals surface area contributed by atoms with Crippen LogP contribution in [0.1, 0.15) is 54.4 Å². The Hall–Kier alpha value is -1.22. The average molecular weight is 321 g/mol. The van der Waals surface area contributed by atoms with Gasteiger partial charge in [0, 0.05) is 30.9 Å². The Bertz CT molecular complexity index is 566. The lowest BCUT2D eigenvalue weighted by molar-refractivity contribution is 0.0759. The molecule has 3 aliphatic rings. The molecule has 120 valence electrons. The lowest BCUT2D eigenvalue weighted by Crippen LogP contribution is -2.33. The molecule has 1 amide bonds. The molecular weight excluding hydrogens is 296 g/mol. The van der Waals surface area contributed by atoms with Gasteiger partial charge in [-0.15, -0.1) is 12.4 Å². The zero-order valence-corrected chi connectivity index (χ0v) is 13.9. The van der Waals surface area contributed by atoms with E-state index in [1.165, 1.54) is 49.8 Å². The summed E-state index contributed by atoms with van der Waals surface area (Å²) in [5, 5.41) is 3.36. The highest BCUT2D eigenvalue weighted by Crippen LogP contribution is 2.44. The number of amides is 1. The molecule has 0 aromatic heterocycles. The molecule has 1 aromatic rings. The first kappa shape index (κ1) is 15.7. The summed E-state index contributed by atoms with van der Waals surface area (Å²) in [6.07, 6.45) is 8.99. The fourth-order valence-electron chi connectivity index (χ4n) is 4.44. The number of fused-ring (bicyclic) bond motifs is 1. The third-order valence-corrected chi connectivity index (χ3v) is 5.70. The predicted molar refractivity (Wildman–Crippen MR) is 91.9 cm³/mol. The molecule has 1 N–H and O–H groups in total. The number of likely N-dealkylation sites (tertiary alicyclic amines) is 1. The van der Waals surface area contributed by atoms with E-state index in [0.717, 1.165) is 31.6 Å². The average Bonchev–Trinajstić information content (AvgIpc) is 3.14. The summed E-state index contributed by atoms with van der Waals surface area (Å²) in [5.41, 5.74) is 3.83. The molecule has 3 nitrogen and oxygen atoms in total. The molecule has 1 aromatic carbocycles. The maximum atomic E-state index is 12.8. The quantitative estimate of drug-likeness (QED) is 0.852. The van der Waals surface area contributed by atoms with Gasteiger partial charge in [0.1, 0.15) is 0 Å². The third-order valence-electron chi connectivity index (χ3n) is 5.70. The number of carbonyl (C=O) groups is 1. The lowest BCUT2D eigenvalue weighted by Gasteiger charge is -2.33. The van der Waals surface area contributed by atoms with Crippen LogP contribution in [0.25, 0.3) is 0 Å². The van der Waals surface area contributed by atoms with E-state index in [9.17, 15) is 4.79 Å². The van der Waals surface area contributed by atoms with Crippen molar-refractivity contribution in [3.8, 4) is 0 Å². The zero-order valence-electron chi connectivity index (χ0n) is 13.1. The molecule has 2 fully saturated rings. The minimum absolute atomic E-state index is 0. The van der Waals surface area contributed by atoms with Crippen molar-refractivity contribution in [2.75, 3.05) is 25.0 Å². The molecule has 2 heterocycles. The highest BCUT2D eigenvalue weighted by molar-refractivity contribution is 5.95. The number of benzene rings is 1. The minimum Gasteiger partial charge on any atom is -0.384 e. The van der Waals surface area contributed by atoms with E-state index in [1.807, 2.05) is 6.07 Å². The summed E-state index contributed by atoms with van der Waals surface area (Å²) in [6.45, 7) is 2.94. The number of carbonyl (C=O) groups excluding carboxylic acids is 1. The van der Waals surface area contributed by atoms with Crippen LogP contribution in [-0.4, -0.2) is 30.4 Å². The summed E-state index contributed by atoms with van der Waals surface area (Å²) in [4.78, 5) is 14.9. The Labute approximate surface area is 138 Å². The molecule has 2 aliphatic heterocycles. The SMILES string of the molecule is Cl.O=C(c1ccc2c(c1)CCN2)N1CCC2(CCCCC2)C1. The maximum absolute atomic E-state index is 12.8. The molecule has 1 aliphatic carbocycles. The lowest BCUT2D eigenvalue weighted by atomic mass is 9.73. The summed E-state index contributed by atoms with van der Waals surface area (Å²) >= 11 is 0. The van der Waals surface area contributed by atoms with Crippen LogP contribution in [0.2, 0.25) is 0 Å². The molecule has 0 unspecified atom stereocenters. The molecular formula is C18H25ClN2O. The van der Waals surface area contributed by atoms with Crippen molar-refractivity contribution in [1.29, 1.82) is 0 Å². The largest absolute Gasteiger partial charge is 0.384 e. The number of hydrogen-bond donors (Lipinski definition) is 1. The second kappa shape index (κ2) is 6.11. The molecule has 22 heavy (non-hydrogen) atoms. The molecule has 0 atom stereocenters. The Balaban J connectivity index is 0.00000144. The highest BCUT2D eigenvalue weighted by atomic mass is 35.5. The fourth-order valence-corrected chi connectivity index (χ4v) is 4.44.